The van der Waals surface area contributed by atoms with Crippen LogP contribution >= 0.6 is 11.3 Å². The first-order valence-corrected chi connectivity index (χ1v) is 11.9. The molecule has 1 aliphatic rings. The smallest absolute Gasteiger partial charge is 0.407 e. The van der Waals surface area contributed by atoms with Gasteiger partial charge in [-0.3, -0.25) is 10.1 Å². The predicted octanol–water partition coefficient (Wildman–Crippen LogP) is 4.34. The fourth-order valence-corrected chi connectivity index (χ4v) is 5.19. The molecule has 5 N–H and O–H groups in total. The first-order chi connectivity index (χ1) is 18.1. The van der Waals surface area contributed by atoms with Gasteiger partial charge in [0.2, 0.25) is 0 Å². The lowest BCUT2D eigenvalue weighted by molar-refractivity contribution is -0.137. The number of alkyl halides is 3. The van der Waals surface area contributed by atoms with Gasteiger partial charge in [-0.2, -0.15) is 28.6 Å². The second kappa shape index (κ2) is 9.66. The zero-order valence-electron chi connectivity index (χ0n) is 19.3. The first kappa shape index (κ1) is 25.0. The van der Waals surface area contributed by atoms with Crippen LogP contribution in [0.4, 0.5) is 33.4 Å². The lowest BCUT2D eigenvalue weighted by Gasteiger charge is -2.27. The van der Waals surface area contributed by atoms with Crippen molar-refractivity contribution in [3.63, 3.8) is 0 Å². The molecule has 196 valence electrons. The molecule has 0 unspecified atom stereocenters. The minimum Gasteiger partial charge on any atom is -0.407 e. The van der Waals surface area contributed by atoms with Crippen LogP contribution in [0.5, 0.6) is 5.75 Å². The third-order valence-electron chi connectivity index (χ3n) is 5.76. The number of halogens is 3. The van der Waals surface area contributed by atoms with Gasteiger partial charge in [-0.15, -0.1) is 11.3 Å². The largest absolute Gasteiger partial charge is 0.416 e. The fraction of sp³-hybridized carbons (Fsp3) is 0.174. The lowest BCUT2D eigenvalue weighted by Crippen LogP contribution is -2.35. The zero-order valence-corrected chi connectivity index (χ0v) is 20.1. The molecule has 0 bridgehead atoms. The number of amides is 4. The van der Waals surface area contributed by atoms with Crippen LogP contribution in [0, 0.1) is 0 Å². The number of urea groups is 1. The van der Waals surface area contributed by atoms with E-state index in [1.54, 1.807) is 23.1 Å². The van der Waals surface area contributed by atoms with Crippen molar-refractivity contribution >= 4 is 51.1 Å². The Labute approximate surface area is 215 Å². The molecule has 0 radical (unpaired) electrons. The third-order valence-corrected chi connectivity index (χ3v) is 6.87. The number of primary amides is 1. The number of nitrogens with zero attached hydrogens (tertiary/aromatic N) is 3. The summed E-state index contributed by atoms with van der Waals surface area (Å²) >= 11 is 1.09. The third kappa shape index (κ3) is 5.08. The highest BCUT2D eigenvalue weighted by Crippen LogP contribution is 2.43. The molecule has 3 heterocycles. The molecule has 11 nitrogen and oxygen atoms in total. The van der Waals surface area contributed by atoms with E-state index in [1.165, 1.54) is 0 Å². The molecule has 0 saturated carbocycles. The molecule has 38 heavy (non-hydrogen) atoms. The van der Waals surface area contributed by atoms with E-state index >= 15 is 0 Å². The minimum atomic E-state index is -4.50. The number of aromatic amines is 1. The number of carbonyl (C=O) groups excluding carboxylic acids is 3. The quantitative estimate of drug-likeness (QED) is 0.299. The van der Waals surface area contributed by atoms with E-state index in [0.717, 1.165) is 35.6 Å². The van der Waals surface area contributed by atoms with Gasteiger partial charge in [0.05, 0.1) is 12.1 Å². The second-order valence-electron chi connectivity index (χ2n) is 8.24. The fourth-order valence-electron chi connectivity index (χ4n) is 4.00. The number of carbonyl (C=O) groups is 3. The van der Waals surface area contributed by atoms with Crippen LogP contribution in [0.2, 0.25) is 0 Å². The van der Waals surface area contributed by atoms with Crippen molar-refractivity contribution in [3.05, 3.63) is 64.0 Å². The number of nitrogens with two attached hydrogens (primary N) is 1. The number of thiophene rings is 1. The number of H-pyrrole nitrogens is 1. The molecule has 15 heteroatoms. The summed E-state index contributed by atoms with van der Waals surface area (Å²) in [6, 6.07) is 8.10. The van der Waals surface area contributed by atoms with Crippen LogP contribution in [-0.4, -0.2) is 44.9 Å². The summed E-state index contributed by atoms with van der Waals surface area (Å²) < 4.78 is 43.5. The number of benzene rings is 2. The van der Waals surface area contributed by atoms with E-state index in [1.807, 2.05) is 0 Å². The van der Waals surface area contributed by atoms with Crippen molar-refractivity contribution in [2.45, 2.75) is 19.1 Å². The van der Waals surface area contributed by atoms with Crippen LogP contribution in [0.15, 0.2) is 42.5 Å². The summed E-state index contributed by atoms with van der Waals surface area (Å²) in [4.78, 5) is 39.5. The average molecular weight is 546 g/mol. The number of ether oxygens (including phenoxy) is 1. The molecule has 2 aromatic carbocycles. The van der Waals surface area contributed by atoms with Gasteiger partial charge in [0.15, 0.2) is 5.75 Å². The highest BCUT2D eigenvalue weighted by molar-refractivity contribution is 7.17. The van der Waals surface area contributed by atoms with Gasteiger partial charge in [-0.1, -0.05) is 0 Å². The van der Waals surface area contributed by atoms with Gasteiger partial charge in [0, 0.05) is 28.2 Å². The highest BCUT2D eigenvalue weighted by atomic mass is 32.1. The van der Waals surface area contributed by atoms with Crippen molar-refractivity contribution in [2.24, 2.45) is 5.73 Å². The van der Waals surface area contributed by atoms with Crippen LogP contribution in [0.3, 0.4) is 0 Å². The van der Waals surface area contributed by atoms with E-state index in [9.17, 15) is 27.6 Å². The standard InChI is InChI=1S/C23H18F3N7O4S/c24-23(25,26)12-2-4-13(5-3-12)28-22(36)29-19-18(37-21(27)35)14-7-8-33(10-17(14)38-19)20(34)11-1-6-15-16(9-11)31-32-30-15/h1-6,9H,7-8,10H2,(H2,27,35)(H2,28,29,36)(H,30,31,32). The number of nitrogens with one attached hydrogen (secondary N) is 3. The maximum atomic E-state index is 13.1. The highest BCUT2D eigenvalue weighted by Gasteiger charge is 2.31. The Hall–Kier alpha value is -4.66. The van der Waals surface area contributed by atoms with Crippen LogP contribution < -0.4 is 21.1 Å². The lowest BCUT2D eigenvalue weighted by atomic mass is 10.1. The Balaban J connectivity index is 1.33. The molecule has 0 saturated heterocycles. The Kier molecular flexibility index (Phi) is 6.36. The summed E-state index contributed by atoms with van der Waals surface area (Å²) in [5.74, 6) is -0.169. The number of aromatic nitrogens is 3. The van der Waals surface area contributed by atoms with Gasteiger partial charge in [0.1, 0.15) is 16.0 Å². The summed E-state index contributed by atoms with van der Waals surface area (Å²) in [5, 5.41) is 15.6. The SMILES string of the molecule is NC(=O)Oc1c(NC(=O)Nc2ccc(C(F)(F)F)cc2)sc2c1CCN(C(=O)c1ccc3n[nH]nc3c1)C2. The molecule has 0 fully saturated rings. The monoisotopic (exact) mass is 545 g/mol. The van der Waals surface area contributed by atoms with E-state index in [2.05, 4.69) is 26.0 Å². The van der Waals surface area contributed by atoms with E-state index in [0.29, 0.717) is 40.0 Å². The average Bonchev–Trinajstić information content (AvgIpc) is 3.46. The van der Waals surface area contributed by atoms with Gasteiger partial charge < -0.3 is 20.7 Å². The molecular weight excluding hydrogens is 527 g/mol. The predicted molar refractivity (Wildman–Crippen MR) is 131 cm³/mol. The van der Waals surface area contributed by atoms with Crippen molar-refractivity contribution in [1.29, 1.82) is 0 Å². The molecule has 1 aliphatic heterocycles. The molecular formula is C23H18F3N7O4S. The Morgan fingerprint density at radius 1 is 1.05 bits per heavy atom. The van der Waals surface area contributed by atoms with Crippen molar-refractivity contribution < 1.29 is 32.3 Å². The van der Waals surface area contributed by atoms with Crippen molar-refractivity contribution in [3.8, 4) is 5.75 Å². The summed E-state index contributed by atoms with van der Waals surface area (Å²) in [7, 11) is 0. The van der Waals surface area contributed by atoms with Crippen molar-refractivity contribution in [1.82, 2.24) is 20.3 Å². The van der Waals surface area contributed by atoms with E-state index < -0.39 is 23.9 Å². The Morgan fingerprint density at radius 3 is 2.50 bits per heavy atom. The first-order valence-electron chi connectivity index (χ1n) is 11.1. The Morgan fingerprint density at radius 2 is 1.79 bits per heavy atom. The zero-order chi connectivity index (χ0) is 27.0. The van der Waals surface area contributed by atoms with Crippen molar-refractivity contribution in [2.75, 3.05) is 17.2 Å². The molecule has 0 atom stereocenters. The topological polar surface area (TPSA) is 155 Å². The van der Waals surface area contributed by atoms with Gasteiger partial charge in [0.25, 0.3) is 5.91 Å². The maximum absolute atomic E-state index is 13.1. The molecule has 4 amide bonds. The molecule has 2 aromatic heterocycles. The summed E-state index contributed by atoms with van der Waals surface area (Å²) in [6.45, 7) is 0.499. The second-order valence-corrected chi connectivity index (χ2v) is 9.35. The number of anilines is 2. The minimum absolute atomic E-state index is 0.0659. The van der Waals surface area contributed by atoms with Crippen LogP contribution in [-0.2, 0) is 19.1 Å². The summed E-state index contributed by atoms with van der Waals surface area (Å²) in [5.41, 5.74) is 6.71. The van der Waals surface area contributed by atoms with Crippen LogP contribution in [0.1, 0.15) is 26.4 Å². The van der Waals surface area contributed by atoms with Gasteiger partial charge in [-0.05, 0) is 48.9 Å². The summed E-state index contributed by atoms with van der Waals surface area (Å²) in [6.07, 6.45) is -5.26. The van der Waals surface area contributed by atoms with E-state index in [4.69, 9.17) is 10.5 Å². The normalized spacial score (nSPS) is 13.2. The molecule has 5 rings (SSSR count). The maximum Gasteiger partial charge on any atom is 0.416 e. The molecule has 0 aliphatic carbocycles. The number of hydrogen-bond donors (Lipinski definition) is 4. The number of rotatable bonds is 4. The van der Waals surface area contributed by atoms with E-state index in [-0.39, 0.29) is 28.9 Å². The van der Waals surface area contributed by atoms with Gasteiger partial charge >= 0.3 is 18.3 Å². The number of fused-ring (bicyclic) bond motifs is 2. The molecule has 0 spiro atoms. The van der Waals surface area contributed by atoms with Gasteiger partial charge in [-0.25, -0.2) is 9.59 Å². The molecule has 4 aromatic rings. The van der Waals surface area contributed by atoms with Crippen LogP contribution in [0.25, 0.3) is 11.0 Å². The number of hydrogen-bond acceptors (Lipinski definition) is 7. The Bertz CT molecular complexity index is 1550.